The summed E-state index contributed by atoms with van der Waals surface area (Å²) < 4.78 is 32.4. The van der Waals surface area contributed by atoms with Gasteiger partial charge in [-0.2, -0.15) is 8.42 Å². The molecule has 0 radical (unpaired) electrons. The zero-order chi connectivity index (χ0) is 9.64. The second-order valence-electron chi connectivity index (χ2n) is 2.47. The van der Waals surface area contributed by atoms with Gasteiger partial charge in [0.15, 0.2) is 10.2 Å². The van der Waals surface area contributed by atoms with Gasteiger partial charge >= 0.3 is 10.1 Å². The van der Waals surface area contributed by atoms with E-state index in [4.69, 9.17) is 4.55 Å². The topological polar surface area (TPSA) is 72.2 Å². The third kappa shape index (κ3) is 1.51. The van der Waals surface area contributed by atoms with Crippen LogP contribution in [0.5, 0.6) is 0 Å². The number of nitrogens with zero attached hydrogens (tertiary/aromatic N) is 2. The Morgan fingerprint density at radius 2 is 2.31 bits per heavy atom. The third-order valence-corrected chi connectivity index (χ3v) is 4.31. The smallest absolute Gasteiger partial charge is 0.306 e. The van der Waals surface area contributed by atoms with Gasteiger partial charge in [-0.1, -0.05) is 11.8 Å². The SMILES string of the molecule is O=S(=O)(O)c1c(Br)nc2n1CCS2. The number of hydrogen-bond donors (Lipinski definition) is 1. The standard InChI is InChI=1S/C5H5BrN2O3S2/c6-3-4(13(9,10)11)8-1-2-12-5(8)7-3/h1-2H2,(H,9,10,11). The molecule has 0 bridgehead atoms. The summed E-state index contributed by atoms with van der Waals surface area (Å²) in [7, 11) is -4.18. The summed E-state index contributed by atoms with van der Waals surface area (Å²) in [6, 6.07) is 0. The molecule has 2 heterocycles. The molecule has 1 N–H and O–H groups in total. The summed E-state index contributed by atoms with van der Waals surface area (Å²) in [5, 5.41) is 0.479. The van der Waals surface area contributed by atoms with Crippen molar-refractivity contribution in [2.45, 2.75) is 16.7 Å². The van der Waals surface area contributed by atoms with Gasteiger partial charge in [-0.3, -0.25) is 4.55 Å². The lowest BCUT2D eigenvalue weighted by Gasteiger charge is -1.99. The van der Waals surface area contributed by atoms with Crippen LogP contribution in [0.4, 0.5) is 0 Å². The highest BCUT2D eigenvalue weighted by Crippen LogP contribution is 2.32. The Morgan fingerprint density at radius 1 is 1.62 bits per heavy atom. The van der Waals surface area contributed by atoms with E-state index in [1.807, 2.05) is 0 Å². The lowest BCUT2D eigenvalue weighted by molar-refractivity contribution is 0.468. The molecule has 2 rings (SSSR count). The van der Waals surface area contributed by atoms with Crippen molar-refractivity contribution < 1.29 is 13.0 Å². The molecule has 0 atom stereocenters. The molecule has 1 aliphatic rings. The van der Waals surface area contributed by atoms with Gasteiger partial charge < -0.3 is 4.57 Å². The van der Waals surface area contributed by atoms with Gasteiger partial charge in [0.05, 0.1) is 0 Å². The lowest BCUT2D eigenvalue weighted by Crippen LogP contribution is -2.07. The first-order chi connectivity index (χ1) is 6.00. The molecule has 13 heavy (non-hydrogen) atoms. The molecule has 1 aromatic rings. The van der Waals surface area contributed by atoms with Crippen LogP contribution in [0.1, 0.15) is 0 Å². The average Bonchev–Trinajstić information content (AvgIpc) is 2.41. The van der Waals surface area contributed by atoms with Crippen LogP contribution < -0.4 is 0 Å². The normalized spacial score (nSPS) is 16.2. The minimum atomic E-state index is -4.18. The molecule has 1 aromatic heterocycles. The van der Waals surface area contributed by atoms with Gasteiger partial charge in [0.1, 0.15) is 4.60 Å². The first-order valence-electron chi connectivity index (χ1n) is 3.36. The zero-order valence-corrected chi connectivity index (χ0v) is 9.49. The molecule has 0 saturated heterocycles. The minimum Gasteiger partial charge on any atom is -0.306 e. The van der Waals surface area contributed by atoms with E-state index >= 15 is 0 Å². The van der Waals surface area contributed by atoms with Crippen LogP contribution in [-0.2, 0) is 16.7 Å². The van der Waals surface area contributed by atoms with Gasteiger partial charge in [-0.15, -0.1) is 0 Å². The van der Waals surface area contributed by atoms with Crippen molar-refractivity contribution in [3.05, 3.63) is 4.60 Å². The van der Waals surface area contributed by atoms with Gasteiger partial charge in [0.25, 0.3) is 0 Å². The highest BCUT2D eigenvalue weighted by atomic mass is 79.9. The van der Waals surface area contributed by atoms with E-state index in [0.717, 1.165) is 5.75 Å². The number of aromatic nitrogens is 2. The maximum atomic E-state index is 10.9. The molecule has 0 aromatic carbocycles. The monoisotopic (exact) mass is 284 g/mol. The second kappa shape index (κ2) is 2.97. The molecule has 72 valence electrons. The Hall–Kier alpha value is -0.0500. The van der Waals surface area contributed by atoms with Crippen molar-refractivity contribution in [2.75, 3.05) is 5.75 Å². The summed E-state index contributed by atoms with van der Waals surface area (Å²) in [6.07, 6.45) is 0. The maximum Gasteiger partial charge on any atom is 0.313 e. The maximum absolute atomic E-state index is 10.9. The summed E-state index contributed by atoms with van der Waals surface area (Å²) in [6.45, 7) is 0.563. The molecule has 0 saturated carbocycles. The third-order valence-electron chi connectivity index (χ3n) is 1.64. The molecular formula is C5H5BrN2O3S2. The minimum absolute atomic E-state index is 0.146. The van der Waals surface area contributed by atoms with Crippen molar-refractivity contribution in [1.29, 1.82) is 0 Å². The fourth-order valence-electron chi connectivity index (χ4n) is 1.17. The molecule has 0 amide bonds. The summed E-state index contributed by atoms with van der Waals surface area (Å²) >= 11 is 4.46. The van der Waals surface area contributed by atoms with E-state index in [0.29, 0.717) is 11.7 Å². The molecule has 5 nitrogen and oxygen atoms in total. The van der Waals surface area contributed by atoms with Crippen LogP contribution in [0.15, 0.2) is 14.8 Å². The first-order valence-corrected chi connectivity index (χ1v) is 6.58. The second-order valence-corrected chi connectivity index (χ2v) is 5.62. The highest BCUT2D eigenvalue weighted by Gasteiger charge is 2.27. The van der Waals surface area contributed by atoms with E-state index in [1.165, 1.54) is 16.3 Å². The molecule has 0 aliphatic carbocycles. The predicted molar refractivity (Wildman–Crippen MR) is 50.5 cm³/mol. The average molecular weight is 285 g/mol. The van der Waals surface area contributed by atoms with E-state index in [9.17, 15) is 8.42 Å². The van der Waals surface area contributed by atoms with Crippen molar-refractivity contribution in [2.24, 2.45) is 0 Å². The van der Waals surface area contributed by atoms with Gasteiger partial charge in [0, 0.05) is 12.3 Å². The van der Waals surface area contributed by atoms with Gasteiger partial charge in [-0.25, -0.2) is 4.98 Å². The molecule has 0 fully saturated rings. The van der Waals surface area contributed by atoms with E-state index in [1.54, 1.807) is 0 Å². The number of imidazole rings is 1. The number of fused-ring (bicyclic) bond motifs is 1. The van der Waals surface area contributed by atoms with Crippen LogP contribution in [0, 0.1) is 0 Å². The molecule has 0 spiro atoms. The quantitative estimate of drug-likeness (QED) is 0.779. The lowest BCUT2D eigenvalue weighted by atomic mass is 10.7. The van der Waals surface area contributed by atoms with Crippen molar-refractivity contribution in [1.82, 2.24) is 9.55 Å². The van der Waals surface area contributed by atoms with Crippen LogP contribution in [-0.4, -0.2) is 28.3 Å². The fourth-order valence-corrected chi connectivity index (χ4v) is 4.01. The Labute approximate surface area is 87.4 Å². The van der Waals surface area contributed by atoms with Crippen LogP contribution in [0.2, 0.25) is 0 Å². The summed E-state index contributed by atoms with van der Waals surface area (Å²) in [5.74, 6) is 0.790. The van der Waals surface area contributed by atoms with Crippen LogP contribution >= 0.6 is 27.7 Å². The zero-order valence-electron chi connectivity index (χ0n) is 6.27. The van der Waals surface area contributed by atoms with Crippen LogP contribution in [0.3, 0.4) is 0 Å². The van der Waals surface area contributed by atoms with E-state index in [-0.39, 0.29) is 9.63 Å². The Balaban J connectivity index is 2.70. The Morgan fingerprint density at radius 3 is 2.92 bits per heavy atom. The Bertz CT molecular complexity index is 453. The largest absolute Gasteiger partial charge is 0.313 e. The summed E-state index contributed by atoms with van der Waals surface area (Å²) in [5.41, 5.74) is 0. The Kier molecular flexibility index (Phi) is 2.17. The number of hydrogen-bond acceptors (Lipinski definition) is 4. The predicted octanol–water partition coefficient (Wildman–Crippen LogP) is 0.998. The highest BCUT2D eigenvalue weighted by molar-refractivity contribution is 9.10. The van der Waals surface area contributed by atoms with Crippen LogP contribution in [0.25, 0.3) is 0 Å². The van der Waals surface area contributed by atoms with Crippen molar-refractivity contribution in [3.8, 4) is 0 Å². The molecule has 0 unspecified atom stereocenters. The number of thioether (sulfide) groups is 1. The summed E-state index contributed by atoms with van der Waals surface area (Å²) in [4.78, 5) is 3.96. The molecular weight excluding hydrogens is 280 g/mol. The van der Waals surface area contributed by atoms with E-state index < -0.39 is 10.1 Å². The number of rotatable bonds is 1. The van der Waals surface area contributed by atoms with Gasteiger partial charge in [0.2, 0.25) is 0 Å². The van der Waals surface area contributed by atoms with Crippen molar-refractivity contribution in [3.63, 3.8) is 0 Å². The van der Waals surface area contributed by atoms with Crippen molar-refractivity contribution >= 4 is 37.8 Å². The molecule has 8 heteroatoms. The van der Waals surface area contributed by atoms with Gasteiger partial charge in [-0.05, 0) is 15.9 Å². The number of halogens is 1. The molecule has 1 aliphatic heterocycles. The van der Waals surface area contributed by atoms with E-state index in [2.05, 4.69) is 20.9 Å². The fraction of sp³-hybridized carbons (Fsp3) is 0.400. The first kappa shape index (κ1) is 9.50.